The minimum Gasteiger partial charge on any atom is -0.147 e. The largest absolute Gasteiger partial charge is 0.147 e. The number of hydrogen-bond donors (Lipinski definition) is 1. The van der Waals surface area contributed by atoms with Gasteiger partial charge in [-0.1, -0.05) is 0 Å². The Morgan fingerprint density at radius 1 is 1.11 bits per heavy atom. The Balaban J connectivity index is 0. The summed E-state index contributed by atoms with van der Waals surface area (Å²) >= 11 is 5.20. The summed E-state index contributed by atoms with van der Waals surface area (Å²) < 4.78 is 3.78. The van der Waals surface area contributed by atoms with E-state index in [1.807, 2.05) is 12.1 Å². The smallest absolute Gasteiger partial charge is 0.147 e. The molecule has 1 aromatic carbocycles. The molecule has 0 unspecified atom stereocenters. The van der Waals surface area contributed by atoms with Crippen LogP contribution in [0.1, 0.15) is 61.0 Å². The van der Waals surface area contributed by atoms with Gasteiger partial charge in [-0.3, -0.25) is 0 Å². The van der Waals surface area contributed by atoms with E-state index in [4.69, 9.17) is 0 Å². The molecule has 1 rings (SSSR count). The van der Waals surface area contributed by atoms with Crippen molar-refractivity contribution in [3.05, 3.63) is 33.3 Å². The van der Waals surface area contributed by atoms with Crippen LogP contribution in [0.4, 0.5) is 0 Å². The Bertz CT molecular complexity index is 410. The summed E-state index contributed by atoms with van der Waals surface area (Å²) in [6.07, 6.45) is 0. The maximum absolute atomic E-state index is 12.0. The van der Waals surface area contributed by atoms with Crippen molar-refractivity contribution in [2.24, 2.45) is 0 Å². The van der Waals surface area contributed by atoms with Crippen molar-refractivity contribution in [2.75, 3.05) is 0 Å². The predicted molar refractivity (Wildman–Crippen MR) is 84.3 cm³/mol. The van der Waals surface area contributed by atoms with Gasteiger partial charge in [-0.05, 0) is 0 Å². The SMILES string of the molecule is CC(C)c1cc(Br)cc(C(C)C)c1C(=O)[NH][Ti].Cl.Cl. The molecule has 0 bridgehead atoms. The molecule has 0 aliphatic rings. The average Bonchev–Trinajstić information content (AvgIpc) is 2.26. The van der Waals surface area contributed by atoms with Gasteiger partial charge in [-0.25, -0.2) is 0 Å². The predicted octanol–water partition coefficient (Wildman–Crippen LogP) is 4.73. The third-order valence-corrected chi connectivity index (χ3v) is 3.56. The van der Waals surface area contributed by atoms with Crippen molar-refractivity contribution in [3.8, 4) is 0 Å². The molecular weight excluding hydrogens is 385 g/mol. The van der Waals surface area contributed by atoms with E-state index < -0.39 is 0 Å². The number of halogens is 3. The first kappa shape index (κ1) is 21.8. The van der Waals surface area contributed by atoms with Crippen molar-refractivity contribution in [3.63, 3.8) is 0 Å². The summed E-state index contributed by atoms with van der Waals surface area (Å²) in [7, 11) is 0. The fourth-order valence-corrected chi connectivity index (χ4v) is 2.57. The summed E-state index contributed by atoms with van der Waals surface area (Å²) in [6.45, 7) is 8.44. The van der Waals surface area contributed by atoms with E-state index in [2.05, 4.69) is 47.4 Å². The number of benzene rings is 1. The standard InChI is InChI=1S/C13H18BrNO.2ClH.Ti/c1-7(2)10-5-9(14)6-11(8(3)4)12(10)13(15)16;;;/h5-8H,1-4H3,(H2,15,16);2*1H;/q;;;+1/p-1. The molecule has 0 saturated carbocycles. The minimum atomic E-state index is 0. The molecule has 0 radical (unpaired) electrons. The van der Waals surface area contributed by atoms with E-state index in [1.165, 1.54) is 0 Å². The number of amides is 1. The van der Waals surface area contributed by atoms with Gasteiger partial charge in [0, 0.05) is 0 Å². The van der Waals surface area contributed by atoms with Crippen molar-refractivity contribution in [1.82, 2.24) is 3.80 Å². The topological polar surface area (TPSA) is 29.1 Å². The first-order valence-corrected chi connectivity index (χ1v) is 7.26. The Labute approximate surface area is 148 Å². The molecule has 0 aliphatic carbocycles. The molecule has 2 nitrogen and oxygen atoms in total. The number of hydrogen-bond acceptors (Lipinski definition) is 1. The molecule has 6 heteroatoms. The third-order valence-electron chi connectivity index (χ3n) is 2.75. The molecular formula is C13H19BrCl2NOTi. The molecule has 1 N–H and O–H groups in total. The van der Waals surface area contributed by atoms with E-state index in [9.17, 15) is 4.79 Å². The van der Waals surface area contributed by atoms with Gasteiger partial charge in [0.15, 0.2) is 0 Å². The zero-order chi connectivity index (χ0) is 13.2. The van der Waals surface area contributed by atoms with E-state index in [1.54, 1.807) is 20.7 Å². The number of rotatable bonds is 3. The normalized spacial score (nSPS) is 9.79. The molecule has 0 heterocycles. The zero-order valence-corrected chi connectivity index (χ0v) is 16.2. The second-order valence-electron chi connectivity index (χ2n) is 4.72. The Kier molecular flexibility index (Phi) is 10.8. The van der Waals surface area contributed by atoms with Crippen LogP contribution >= 0.6 is 40.7 Å². The monoisotopic (exact) mass is 402 g/mol. The quantitative estimate of drug-likeness (QED) is 0.726. The Hall–Kier alpha value is 0.464. The summed E-state index contributed by atoms with van der Waals surface area (Å²) in [6, 6.07) is 4.09. The van der Waals surface area contributed by atoms with Gasteiger partial charge in [0.1, 0.15) is 0 Å². The van der Waals surface area contributed by atoms with Gasteiger partial charge in [0.2, 0.25) is 0 Å². The van der Waals surface area contributed by atoms with Crippen LogP contribution in [0, 0.1) is 0 Å². The van der Waals surface area contributed by atoms with Crippen molar-refractivity contribution >= 4 is 46.7 Å². The van der Waals surface area contributed by atoms with Crippen LogP contribution in [0.5, 0.6) is 0 Å². The van der Waals surface area contributed by atoms with E-state index >= 15 is 0 Å². The molecule has 1 amide bonds. The Morgan fingerprint density at radius 3 is 1.74 bits per heavy atom. The van der Waals surface area contributed by atoms with Crippen LogP contribution in [0.25, 0.3) is 0 Å². The van der Waals surface area contributed by atoms with Crippen LogP contribution in [-0.2, 0) is 20.7 Å². The van der Waals surface area contributed by atoms with E-state index in [0.29, 0.717) is 11.8 Å². The van der Waals surface area contributed by atoms with Gasteiger partial charge in [0.05, 0.1) is 0 Å². The van der Waals surface area contributed by atoms with Crippen molar-refractivity contribution < 1.29 is 25.5 Å². The van der Waals surface area contributed by atoms with Crippen LogP contribution in [0.15, 0.2) is 16.6 Å². The van der Waals surface area contributed by atoms with Crippen LogP contribution in [0.3, 0.4) is 0 Å². The van der Waals surface area contributed by atoms with Crippen molar-refractivity contribution in [2.45, 2.75) is 39.5 Å². The second-order valence-corrected chi connectivity index (χ2v) is 6.03. The molecule has 0 aliphatic heterocycles. The number of carbonyl (C=O) groups excluding carboxylic acids is 1. The fraction of sp³-hybridized carbons (Fsp3) is 0.462. The van der Waals surface area contributed by atoms with Gasteiger partial charge < -0.3 is 0 Å². The van der Waals surface area contributed by atoms with Gasteiger partial charge in [0.25, 0.3) is 0 Å². The first-order valence-electron chi connectivity index (χ1n) is 5.68. The molecule has 0 aromatic heterocycles. The summed E-state index contributed by atoms with van der Waals surface area (Å²) in [5.74, 6) is 0.666. The van der Waals surface area contributed by atoms with Crippen molar-refractivity contribution in [1.29, 1.82) is 0 Å². The second kappa shape index (κ2) is 9.41. The number of nitrogens with one attached hydrogen (secondary N) is 1. The fourth-order valence-electron chi connectivity index (χ4n) is 1.89. The summed E-state index contributed by atoms with van der Waals surface area (Å²) in [5.41, 5.74) is 3.03. The number of carbonyl (C=O) groups is 1. The molecule has 0 spiro atoms. The molecule has 0 atom stereocenters. The molecule has 19 heavy (non-hydrogen) atoms. The molecule has 0 fully saturated rings. The third kappa shape index (κ3) is 5.39. The van der Waals surface area contributed by atoms with E-state index in [0.717, 1.165) is 21.2 Å². The molecule has 107 valence electrons. The summed E-state index contributed by atoms with van der Waals surface area (Å²) in [5, 5.41) is 0. The summed E-state index contributed by atoms with van der Waals surface area (Å²) in [4.78, 5) is 12.0. The van der Waals surface area contributed by atoms with Crippen LogP contribution in [0.2, 0.25) is 0 Å². The maximum atomic E-state index is 12.0. The van der Waals surface area contributed by atoms with Gasteiger partial charge >= 0.3 is 124 Å². The first-order chi connectivity index (χ1) is 7.88. The van der Waals surface area contributed by atoms with Crippen LogP contribution < -0.4 is 3.80 Å². The van der Waals surface area contributed by atoms with E-state index in [-0.39, 0.29) is 30.7 Å². The molecule has 0 saturated heterocycles. The minimum absolute atomic E-state index is 0. The Morgan fingerprint density at radius 2 is 1.47 bits per heavy atom. The molecule has 1 aromatic rings. The van der Waals surface area contributed by atoms with Gasteiger partial charge in [-0.2, -0.15) is 0 Å². The average molecular weight is 404 g/mol. The maximum Gasteiger partial charge on any atom is -0.147 e. The van der Waals surface area contributed by atoms with Crippen LogP contribution in [-0.4, -0.2) is 5.91 Å². The zero-order valence-electron chi connectivity index (χ0n) is 11.4. The van der Waals surface area contributed by atoms with Gasteiger partial charge in [-0.15, -0.1) is 24.8 Å².